The quantitative estimate of drug-likeness (QED) is 0.189. The first-order valence-electron chi connectivity index (χ1n) is 15.7. The molecule has 0 saturated heterocycles. The molecule has 3 aromatic heterocycles. The highest BCUT2D eigenvalue weighted by atomic mass is 32.2. The van der Waals surface area contributed by atoms with Crippen LogP contribution in [0.5, 0.6) is 5.75 Å². The molecule has 4 heterocycles. The van der Waals surface area contributed by atoms with E-state index < -0.39 is 10.0 Å². The van der Waals surface area contributed by atoms with Crippen LogP contribution in [0.3, 0.4) is 0 Å². The first kappa shape index (κ1) is 28.9. The number of methoxy groups -OCH3 is 1. The Morgan fingerprint density at radius 1 is 0.978 bits per heavy atom. The van der Waals surface area contributed by atoms with Gasteiger partial charge >= 0.3 is 0 Å². The van der Waals surface area contributed by atoms with Crippen LogP contribution in [0.25, 0.3) is 31.9 Å². The third kappa shape index (κ3) is 4.70. The van der Waals surface area contributed by atoms with Gasteiger partial charge in [0.1, 0.15) is 5.75 Å². The van der Waals surface area contributed by atoms with Crippen molar-refractivity contribution in [2.24, 2.45) is 0 Å². The highest BCUT2D eigenvalue weighted by Gasteiger charge is 2.30. The molecule has 7 aromatic rings. The van der Waals surface area contributed by atoms with E-state index >= 15 is 0 Å². The third-order valence-corrected chi connectivity index (χ3v) is 12.2. The van der Waals surface area contributed by atoms with Crippen LogP contribution in [0.15, 0.2) is 96.0 Å². The van der Waals surface area contributed by atoms with E-state index in [1.165, 1.54) is 35.4 Å². The lowest BCUT2D eigenvalue weighted by atomic mass is 9.84. The number of anilines is 1. The molecule has 1 aliphatic rings. The van der Waals surface area contributed by atoms with Crippen LogP contribution in [0.4, 0.5) is 5.69 Å². The molecule has 4 aromatic carbocycles. The molecule has 2 N–H and O–H groups in total. The lowest BCUT2D eigenvalue weighted by Gasteiger charge is -2.20. The minimum Gasteiger partial charge on any atom is -0.497 e. The SMILES string of the molecule is COc1ccc2[nH]c(C)c(C3CCCNc4c3ccc3c4c(Cc4cc5ccccc5s4)cn3S(=O)(=O)c3ccc(C)cc3)c2c1. The molecule has 6 nitrogen and oxygen atoms in total. The maximum atomic E-state index is 14.2. The maximum absolute atomic E-state index is 14.2. The van der Waals surface area contributed by atoms with Crippen molar-refractivity contribution in [2.75, 3.05) is 19.0 Å². The fourth-order valence-corrected chi connectivity index (χ4v) is 9.69. The van der Waals surface area contributed by atoms with E-state index in [0.717, 1.165) is 58.5 Å². The van der Waals surface area contributed by atoms with Gasteiger partial charge in [-0.25, -0.2) is 12.4 Å². The van der Waals surface area contributed by atoms with Crippen molar-refractivity contribution < 1.29 is 13.2 Å². The highest BCUT2D eigenvalue weighted by molar-refractivity contribution is 7.90. The highest BCUT2D eigenvalue weighted by Crippen LogP contribution is 2.46. The van der Waals surface area contributed by atoms with Gasteiger partial charge in [-0.3, -0.25) is 0 Å². The summed E-state index contributed by atoms with van der Waals surface area (Å²) >= 11 is 1.77. The number of hydrogen-bond acceptors (Lipinski definition) is 5. The number of thiophene rings is 1. The van der Waals surface area contributed by atoms with Crippen LogP contribution in [0.1, 0.15) is 51.6 Å². The number of aromatic amines is 1. The number of aryl methyl sites for hydroxylation is 2. The second-order valence-corrected chi connectivity index (χ2v) is 15.3. The fourth-order valence-electron chi connectivity index (χ4n) is 7.22. The molecule has 0 spiro atoms. The Labute approximate surface area is 272 Å². The van der Waals surface area contributed by atoms with Crippen molar-refractivity contribution >= 4 is 58.9 Å². The van der Waals surface area contributed by atoms with E-state index in [-0.39, 0.29) is 10.8 Å². The number of H-pyrrole nitrogens is 1. The zero-order chi connectivity index (χ0) is 31.6. The predicted octanol–water partition coefficient (Wildman–Crippen LogP) is 9.13. The lowest BCUT2D eigenvalue weighted by molar-refractivity contribution is 0.415. The first-order chi connectivity index (χ1) is 22.3. The summed E-state index contributed by atoms with van der Waals surface area (Å²) in [6.45, 7) is 4.93. The number of nitrogens with zero attached hydrogens (tertiary/aromatic N) is 1. The Bertz CT molecular complexity index is 2350. The monoisotopic (exact) mass is 645 g/mol. The van der Waals surface area contributed by atoms with Gasteiger partial charge < -0.3 is 15.0 Å². The van der Waals surface area contributed by atoms with Crippen molar-refractivity contribution in [1.82, 2.24) is 8.96 Å². The van der Waals surface area contributed by atoms with Gasteiger partial charge in [0, 0.05) is 62.3 Å². The van der Waals surface area contributed by atoms with Crippen molar-refractivity contribution in [2.45, 2.75) is 43.9 Å². The molecule has 0 bridgehead atoms. The number of ether oxygens (including phenoxy) is 1. The normalized spacial score (nSPS) is 15.2. The first-order valence-corrected chi connectivity index (χ1v) is 17.9. The summed E-state index contributed by atoms with van der Waals surface area (Å²) in [7, 11) is -2.14. The molecule has 0 fully saturated rings. The molecule has 232 valence electrons. The van der Waals surface area contributed by atoms with Gasteiger partial charge in [0.15, 0.2) is 0 Å². The van der Waals surface area contributed by atoms with E-state index in [4.69, 9.17) is 4.74 Å². The van der Waals surface area contributed by atoms with E-state index in [1.807, 2.05) is 37.4 Å². The van der Waals surface area contributed by atoms with Crippen molar-refractivity contribution in [3.8, 4) is 5.75 Å². The van der Waals surface area contributed by atoms with Gasteiger partial charge in [0.25, 0.3) is 10.0 Å². The molecule has 8 rings (SSSR count). The lowest BCUT2D eigenvalue weighted by Crippen LogP contribution is -2.12. The number of aromatic nitrogens is 2. The van der Waals surface area contributed by atoms with Crippen LogP contribution < -0.4 is 10.1 Å². The van der Waals surface area contributed by atoms with Gasteiger partial charge in [-0.1, -0.05) is 42.0 Å². The maximum Gasteiger partial charge on any atom is 0.268 e. The van der Waals surface area contributed by atoms with Gasteiger partial charge in [0.2, 0.25) is 0 Å². The molecule has 0 aliphatic carbocycles. The molecule has 0 amide bonds. The van der Waals surface area contributed by atoms with Crippen molar-refractivity contribution in [3.05, 3.63) is 124 Å². The number of fused-ring (bicyclic) bond motifs is 5. The average Bonchev–Trinajstić information content (AvgIpc) is 3.69. The minimum absolute atomic E-state index is 0.129. The van der Waals surface area contributed by atoms with E-state index in [2.05, 4.69) is 65.8 Å². The molecular weight excluding hydrogens is 611 g/mol. The van der Waals surface area contributed by atoms with Crippen LogP contribution in [0.2, 0.25) is 0 Å². The molecule has 46 heavy (non-hydrogen) atoms. The number of hydrogen-bond donors (Lipinski definition) is 2. The molecule has 1 aliphatic heterocycles. The van der Waals surface area contributed by atoms with Crippen LogP contribution in [-0.2, 0) is 16.4 Å². The fraction of sp³-hybridized carbons (Fsp3) is 0.211. The molecule has 0 radical (unpaired) electrons. The summed E-state index contributed by atoms with van der Waals surface area (Å²) in [4.78, 5) is 5.10. The Hall–Kier alpha value is -4.53. The zero-order valence-corrected chi connectivity index (χ0v) is 27.7. The third-order valence-electron chi connectivity index (χ3n) is 9.40. The minimum atomic E-state index is -3.84. The summed E-state index contributed by atoms with van der Waals surface area (Å²) in [6, 6.07) is 28.1. The van der Waals surface area contributed by atoms with Crippen LogP contribution in [0, 0.1) is 13.8 Å². The largest absolute Gasteiger partial charge is 0.497 e. The van der Waals surface area contributed by atoms with E-state index in [9.17, 15) is 8.42 Å². The second kappa shape index (κ2) is 11.1. The Morgan fingerprint density at radius 2 is 1.80 bits per heavy atom. The van der Waals surface area contributed by atoms with Crippen molar-refractivity contribution in [3.63, 3.8) is 0 Å². The predicted molar refractivity (Wildman–Crippen MR) is 189 cm³/mol. The smallest absolute Gasteiger partial charge is 0.268 e. The van der Waals surface area contributed by atoms with Gasteiger partial charge in [0.05, 0.1) is 17.5 Å². The summed E-state index contributed by atoms with van der Waals surface area (Å²) in [5.74, 6) is 0.962. The zero-order valence-electron chi connectivity index (χ0n) is 26.1. The Balaban J connectivity index is 1.36. The van der Waals surface area contributed by atoms with Gasteiger partial charge in [-0.2, -0.15) is 0 Å². The Morgan fingerprint density at radius 3 is 2.61 bits per heavy atom. The standard InChI is InChI=1S/C38H35N3O3S2/c1-23-10-13-29(14-11-23)46(42,43)41-22-26(20-28-19-25-7-4-5-9-35(25)45-28)37-34(41)17-15-31-30(8-6-18-39-38(31)37)36-24(2)40-33-16-12-27(44-3)21-32(33)36/h4-5,7,9-17,19,21-22,30,39-40H,6,8,18,20H2,1-3H3. The number of benzene rings is 4. The number of nitrogens with one attached hydrogen (secondary N) is 2. The van der Waals surface area contributed by atoms with Crippen LogP contribution in [-0.4, -0.2) is 31.0 Å². The molecule has 0 saturated carbocycles. The summed E-state index contributed by atoms with van der Waals surface area (Å²) in [6.07, 6.45) is 4.46. The second-order valence-electron chi connectivity index (χ2n) is 12.3. The molecule has 1 unspecified atom stereocenters. The summed E-state index contributed by atoms with van der Waals surface area (Å²) < 4.78 is 36.8. The molecule has 8 heteroatoms. The number of rotatable bonds is 6. The summed E-state index contributed by atoms with van der Waals surface area (Å²) in [5, 5.41) is 7.13. The van der Waals surface area contributed by atoms with Crippen molar-refractivity contribution in [1.29, 1.82) is 0 Å². The van der Waals surface area contributed by atoms with Gasteiger partial charge in [-0.05, 0) is 97.3 Å². The van der Waals surface area contributed by atoms with Crippen LogP contribution >= 0.6 is 11.3 Å². The van der Waals surface area contributed by atoms with Gasteiger partial charge in [-0.15, -0.1) is 11.3 Å². The average molecular weight is 646 g/mol. The van der Waals surface area contributed by atoms with E-state index in [0.29, 0.717) is 11.9 Å². The van der Waals surface area contributed by atoms with E-state index in [1.54, 1.807) is 30.6 Å². The topological polar surface area (TPSA) is 76.1 Å². The molecule has 1 atom stereocenters. The Kier molecular flexibility index (Phi) is 6.96. The molecular formula is C38H35N3O3S2. The summed E-state index contributed by atoms with van der Waals surface area (Å²) in [5.41, 5.74) is 8.45.